The maximum atomic E-state index is 12.2. The second-order valence-corrected chi connectivity index (χ2v) is 7.06. The zero-order valence-electron chi connectivity index (χ0n) is 13.8. The van der Waals surface area contributed by atoms with Gasteiger partial charge in [0.05, 0.1) is 30.4 Å². The molecule has 1 fully saturated rings. The molecule has 2 aromatic heterocycles. The highest BCUT2D eigenvalue weighted by atomic mass is 79.9. The lowest BCUT2D eigenvalue weighted by Crippen LogP contribution is -2.08. The highest BCUT2D eigenvalue weighted by Gasteiger charge is 2.46. The van der Waals surface area contributed by atoms with Crippen molar-refractivity contribution in [2.24, 2.45) is 0 Å². The van der Waals surface area contributed by atoms with E-state index in [2.05, 4.69) is 26.2 Å². The average molecular weight is 402 g/mol. The summed E-state index contributed by atoms with van der Waals surface area (Å²) in [5.74, 6) is 0.811. The number of carbonyl (C=O) groups excluding carboxylic acids is 1. The number of halogens is 1. The summed E-state index contributed by atoms with van der Waals surface area (Å²) in [7, 11) is 1.38. The van der Waals surface area contributed by atoms with E-state index in [1.54, 1.807) is 6.20 Å². The van der Waals surface area contributed by atoms with Gasteiger partial charge >= 0.3 is 5.97 Å². The minimum absolute atomic E-state index is 0.142. The van der Waals surface area contributed by atoms with Crippen LogP contribution in [0.3, 0.4) is 0 Å². The number of aromatic nitrogens is 3. The van der Waals surface area contributed by atoms with Crippen molar-refractivity contribution in [2.45, 2.75) is 25.2 Å². The lowest BCUT2D eigenvalue weighted by atomic mass is 10.1. The first-order chi connectivity index (χ1) is 12.1. The van der Waals surface area contributed by atoms with Crippen LogP contribution in [0.1, 0.15) is 45.8 Å². The van der Waals surface area contributed by atoms with Crippen LogP contribution in [-0.4, -0.2) is 28.0 Å². The number of methoxy groups -OCH3 is 1. The molecular weight excluding hydrogens is 386 g/mol. The Bertz CT molecular complexity index is 947. The minimum Gasteiger partial charge on any atom is -0.465 e. The first-order valence-electron chi connectivity index (χ1n) is 7.94. The number of aryl methyl sites for hydroxylation is 1. The highest BCUT2D eigenvalue weighted by molar-refractivity contribution is 9.10. The fraction of sp³-hybridized carbons (Fsp3) is 0.278. The van der Waals surface area contributed by atoms with Crippen LogP contribution in [0.2, 0.25) is 0 Å². The predicted molar refractivity (Wildman–Crippen MR) is 93.9 cm³/mol. The van der Waals surface area contributed by atoms with Gasteiger partial charge in [-0.3, -0.25) is 0 Å². The first-order valence-corrected chi connectivity index (χ1v) is 8.73. The maximum Gasteiger partial charge on any atom is 0.341 e. The number of benzene rings is 1. The van der Waals surface area contributed by atoms with Crippen LogP contribution >= 0.6 is 15.9 Å². The molecule has 0 saturated heterocycles. The van der Waals surface area contributed by atoms with Crippen LogP contribution in [0.4, 0.5) is 0 Å². The van der Waals surface area contributed by atoms with Crippen molar-refractivity contribution in [3.63, 3.8) is 0 Å². The Hall–Kier alpha value is -2.41. The summed E-state index contributed by atoms with van der Waals surface area (Å²) < 4.78 is 13.1. The molecule has 2 atom stereocenters. The van der Waals surface area contributed by atoms with Crippen molar-refractivity contribution < 1.29 is 14.1 Å². The van der Waals surface area contributed by atoms with Gasteiger partial charge in [-0.25, -0.2) is 9.48 Å². The molecule has 25 heavy (non-hydrogen) atoms. The van der Waals surface area contributed by atoms with Gasteiger partial charge in [0.25, 0.3) is 0 Å². The van der Waals surface area contributed by atoms with E-state index >= 15 is 0 Å². The number of carbonyl (C=O) groups is 1. The maximum absolute atomic E-state index is 12.2. The quantitative estimate of drug-likeness (QED) is 0.618. The molecule has 4 rings (SSSR count). The average Bonchev–Trinajstić information content (AvgIpc) is 3.06. The fourth-order valence-corrected chi connectivity index (χ4v) is 3.55. The zero-order valence-corrected chi connectivity index (χ0v) is 15.4. The van der Waals surface area contributed by atoms with E-state index in [1.807, 2.05) is 41.9 Å². The van der Waals surface area contributed by atoms with Crippen molar-refractivity contribution in [2.75, 3.05) is 7.11 Å². The van der Waals surface area contributed by atoms with Crippen molar-refractivity contribution in [1.29, 1.82) is 0 Å². The molecular formula is C18H16BrN3O3. The van der Waals surface area contributed by atoms with Gasteiger partial charge in [-0.15, -0.1) is 0 Å². The molecule has 0 spiro atoms. The van der Waals surface area contributed by atoms with Gasteiger partial charge in [-0.2, -0.15) is 5.10 Å². The van der Waals surface area contributed by atoms with Gasteiger partial charge in [-0.1, -0.05) is 27.2 Å². The number of hydrogen-bond donors (Lipinski definition) is 0. The SMILES string of the molecule is COC(=O)c1cnn(-c2cccc(Br)c2)c1[C@@H]1C[C@H]1c1cc(C)no1. The number of esters is 1. The molecule has 1 aromatic carbocycles. The van der Waals surface area contributed by atoms with Crippen molar-refractivity contribution >= 4 is 21.9 Å². The molecule has 6 nitrogen and oxygen atoms in total. The van der Waals surface area contributed by atoms with E-state index in [0.717, 1.165) is 33.7 Å². The third kappa shape index (κ3) is 2.89. The van der Waals surface area contributed by atoms with Crippen LogP contribution in [0.25, 0.3) is 5.69 Å². The molecule has 1 saturated carbocycles. The van der Waals surface area contributed by atoms with Crippen molar-refractivity contribution in [3.05, 3.63) is 63.7 Å². The molecule has 7 heteroatoms. The first kappa shape index (κ1) is 16.1. The molecule has 128 valence electrons. The number of rotatable bonds is 4. The minimum atomic E-state index is -0.379. The summed E-state index contributed by atoms with van der Waals surface area (Å²) in [6.07, 6.45) is 2.46. The van der Waals surface area contributed by atoms with Crippen molar-refractivity contribution in [1.82, 2.24) is 14.9 Å². The molecule has 1 aliphatic rings. The van der Waals surface area contributed by atoms with Gasteiger partial charge in [0, 0.05) is 22.4 Å². The second kappa shape index (κ2) is 6.15. The molecule has 0 N–H and O–H groups in total. The summed E-state index contributed by atoms with van der Waals surface area (Å²) >= 11 is 3.48. The second-order valence-electron chi connectivity index (χ2n) is 6.15. The third-order valence-electron chi connectivity index (χ3n) is 4.42. The van der Waals surface area contributed by atoms with Crippen LogP contribution in [0.5, 0.6) is 0 Å². The van der Waals surface area contributed by atoms with Gasteiger partial charge in [-0.05, 0) is 31.5 Å². The monoisotopic (exact) mass is 401 g/mol. The van der Waals surface area contributed by atoms with E-state index in [4.69, 9.17) is 9.26 Å². The standard InChI is InChI=1S/C18H16BrN3O3/c1-10-6-16(25-21-10)13-8-14(13)17-15(18(23)24-2)9-20-22(17)12-5-3-4-11(19)7-12/h3-7,9,13-14H,8H2,1-2H3/t13-,14-/m1/s1. The van der Waals surface area contributed by atoms with Gasteiger partial charge < -0.3 is 9.26 Å². The summed E-state index contributed by atoms with van der Waals surface area (Å²) in [6.45, 7) is 1.90. The van der Waals surface area contributed by atoms with E-state index in [-0.39, 0.29) is 17.8 Å². The molecule has 2 heterocycles. The van der Waals surface area contributed by atoms with Gasteiger partial charge in [0.15, 0.2) is 0 Å². The molecule has 0 radical (unpaired) electrons. The number of nitrogens with zero attached hydrogens (tertiary/aromatic N) is 3. The van der Waals surface area contributed by atoms with Crippen LogP contribution in [0.15, 0.2) is 45.5 Å². The van der Waals surface area contributed by atoms with Crippen LogP contribution < -0.4 is 0 Å². The van der Waals surface area contributed by atoms with Gasteiger partial charge in [0.1, 0.15) is 11.3 Å². The zero-order chi connectivity index (χ0) is 17.6. The number of ether oxygens (including phenoxy) is 1. The predicted octanol–water partition coefficient (Wildman–Crippen LogP) is 3.99. The van der Waals surface area contributed by atoms with Crippen molar-refractivity contribution in [3.8, 4) is 5.69 Å². The van der Waals surface area contributed by atoms with Crippen LogP contribution in [0, 0.1) is 6.92 Å². The van der Waals surface area contributed by atoms with Gasteiger partial charge in [0.2, 0.25) is 0 Å². The summed E-state index contributed by atoms with van der Waals surface area (Å²) in [5.41, 5.74) is 3.09. The Morgan fingerprint density at radius 1 is 1.36 bits per heavy atom. The normalized spacial score (nSPS) is 19.0. The molecule has 0 unspecified atom stereocenters. The number of hydrogen-bond acceptors (Lipinski definition) is 5. The molecule has 0 amide bonds. The topological polar surface area (TPSA) is 70.2 Å². The van der Waals surface area contributed by atoms with E-state index in [1.165, 1.54) is 7.11 Å². The molecule has 0 aliphatic heterocycles. The third-order valence-corrected chi connectivity index (χ3v) is 4.91. The Kier molecular flexibility index (Phi) is 3.95. The lowest BCUT2D eigenvalue weighted by molar-refractivity contribution is 0.0599. The summed E-state index contributed by atoms with van der Waals surface area (Å²) in [4.78, 5) is 12.2. The van der Waals surface area contributed by atoms with E-state index in [9.17, 15) is 4.79 Å². The molecule has 3 aromatic rings. The largest absolute Gasteiger partial charge is 0.465 e. The van der Waals surface area contributed by atoms with Crippen LogP contribution in [-0.2, 0) is 4.74 Å². The lowest BCUT2D eigenvalue weighted by Gasteiger charge is -2.09. The Balaban J connectivity index is 1.77. The molecule has 1 aliphatic carbocycles. The van der Waals surface area contributed by atoms with E-state index < -0.39 is 0 Å². The Labute approximate surface area is 152 Å². The highest BCUT2D eigenvalue weighted by Crippen LogP contribution is 2.55. The fourth-order valence-electron chi connectivity index (χ4n) is 3.17. The Morgan fingerprint density at radius 3 is 2.88 bits per heavy atom. The molecule has 0 bridgehead atoms. The summed E-state index contributed by atoms with van der Waals surface area (Å²) in [5, 5.41) is 8.40. The Morgan fingerprint density at radius 2 is 2.20 bits per heavy atom. The smallest absolute Gasteiger partial charge is 0.341 e. The van der Waals surface area contributed by atoms with E-state index in [0.29, 0.717) is 5.56 Å². The summed E-state index contributed by atoms with van der Waals surface area (Å²) in [6, 6.07) is 9.76.